The molecule has 1 N–H and O–H groups in total. The average molecular weight is 195 g/mol. The molecule has 0 radical (unpaired) electrons. The van der Waals surface area contributed by atoms with Gasteiger partial charge in [0.2, 0.25) is 0 Å². The van der Waals surface area contributed by atoms with Crippen LogP contribution in [0.4, 0.5) is 4.39 Å². The summed E-state index contributed by atoms with van der Waals surface area (Å²) in [6.45, 7) is 0. The first-order chi connectivity index (χ1) is 6.68. The molecule has 1 saturated carbocycles. The quantitative estimate of drug-likeness (QED) is 0.800. The third-order valence-corrected chi connectivity index (χ3v) is 2.44. The predicted molar refractivity (Wildman–Crippen MR) is 47.3 cm³/mol. The largest absolute Gasteiger partial charge is 0.481 e. The molecular formula is C10H10FNO2. The van der Waals surface area contributed by atoms with Crippen LogP contribution in [0.5, 0.6) is 0 Å². The van der Waals surface area contributed by atoms with E-state index < -0.39 is 17.7 Å². The number of carboxylic acid groups (broad SMARTS) is 1. The lowest BCUT2D eigenvalue weighted by atomic mass is 9.96. The summed E-state index contributed by atoms with van der Waals surface area (Å²) in [5, 5.41) is 8.98. The molecule has 0 saturated heterocycles. The molecule has 74 valence electrons. The van der Waals surface area contributed by atoms with E-state index in [1.165, 1.54) is 12.3 Å². The third-order valence-electron chi connectivity index (χ3n) is 2.44. The Balaban J connectivity index is 2.30. The second-order valence-electron chi connectivity index (χ2n) is 3.59. The van der Waals surface area contributed by atoms with Crippen LogP contribution in [0, 0.1) is 11.7 Å². The lowest BCUT2D eigenvalue weighted by Crippen LogP contribution is -2.14. The molecule has 2 rings (SSSR count). The highest BCUT2D eigenvalue weighted by molar-refractivity contribution is 5.76. The summed E-state index contributed by atoms with van der Waals surface area (Å²) in [5.74, 6) is -1.79. The van der Waals surface area contributed by atoms with Crippen molar-refractivity contribution in [1.29, 1.82) is 0 Å². The number of hydrogen-bond donors (Lipinski definition) is 1. The van der Waals surface area contributed by atoms with Crippen molar-refractivity contribution in [2.45, 2.75) is 18.8 Å². The van der Waals surface area contributed by atoms with Crippen molar-refractivity contribution >= 4 is 5.97 Å². The van der Waals surface area contributed by atoms with Crippen molar-refractivity contribution < 1.29 is 14.3 Å². The smallest absolute Gasteiger partial charge is 0.311 e. The van der Waals surface area contributed by atoms with Gasteiger partial charge < -0.3 is 5.11 Å². The zero-order valence-electron chi connectivity index (χ0n) is 7.48. The normalized spacial score (nSPS) is 17.8. The average Bonchev–Trinajstić information content (AvgIpc) is 2.88. The van der Waals surface area contributed by atoms with Crippen LogP contribution in [0.3, 0.4) is 0 Å². The minimum Gasteiger partial charge on any atom is -0.481 e. The standard InChI is InChI=1S/C10H10FNO2/c11-8-3-7(4-12-5-8)9(10(13)14)6-1-2-6/h3-6,9H,1-2H2,(H,13,14). The van der Waals surface area contributed by atoms with E-state index in [0.29, 0.717) is 5.56 Å². The Labute approximate surface area is 80.6 Å². The lowest BCUT2D eigenvalue weighted by molar-refractivity contribution is -0.139. The molecule has 0 aromatic carbocycles. The molecule has 1 atom stereocenters. The zero-order valence-corrected chi connectivity index (χ0v) is 7.48. The fourth-order valence-electron chi connectivity index (χ4n) is 1.64. The molecule has 0 spiro atoms. The van der Waals surface area contributed by atoms with Gasteiger partial charge in [-0.25, -0.2) is 4.39 Å². The van der Waals surface area contributed by atoms with E-state index in [-0.39, 0.29) is 5.92 Å². The highest BCUT2D eigenvalue weighted by Crippen LogP contribution is 2.42. The first-order valence-corrected chi connectivity index (χ1v) is 4.51. The summed E-state index contributed by atoms with van der Waals surface area (Å²) >= 11 is 0. The molecule has 1 aromatic heterocycles. The van der Waals surface area contributed by atoms with E-state index in [0.717, 1.165) is 19.0 Å². The molecular weight excluding hydrogens is 185 g/mol. The molecule has 1 aliphatic rings. The summed E-state index contributed by atoms with van der Waals surface area (Å²) in [5.41, 5.74) is 0.472. The van der Waals surface area contributed by atoms with Crippen LogP contribution in [0.1, 0.15) is 24.3 Å². The van der Waals surface area contributed by atoms with E-state index >= 15 is 0 Å². The number of halogens is 1. The molecule has 0 amide bonds. The van der Waals surface area contributed by atoms with Gasteiger partial charge in [-0.2, -0.15) is 0 Å². The Morgan fingerprint density at radius 1 is 1.57 bits per heavy atom. The second kappa shape index (κ2) is 3.36. The number of carbonyl (C=O) groups is 1. The van der Waals surface area contributed by atoms with Crippen LogP contribution in [0.25, 0.3) is 0 Å². The van der Waals surface area contributed by atoms with Crippen LogP contribution < -0.4 is 0 Å². The molecule has 1 aliphatic carbocycles. The van der Waals surface area contributed by atoms with Crippen molar-refractivity contribution in [3.05, 3.63) is 29.8 Å². The zero-order chi connectivity index (χ0) is 10.1. The van der Waals surface area contributed by atoms with E-state index in [1.807, 2.05) is 0 Å². The molecule has 1 unspecified atom stereocenters. The first kappa shape index (κ1) is 9.12. The van der Waals surface area contributed by atoms with Gasteiger partial charge in [0.05, 0.1) is 12.1 Å². The van der Waals surface area contributed by atoms with Crippen LogP contribution in [0.15, 0.2) is 18.5 Å². The number of aromatic nitrogens is 1. The van der Waals surface area contributed by atoms with Crippen molar-refractivity contribution in [2.24, 2.45) is 5.92 Å². The van der Waals surface area contributed by atoms with Crippen molar-refractivity contribution in [2.75, 3.05) is 0 Å². The Hall–Kier alpha value is -1.45. The SMILES string of the molecule is O=C(O)C(c1cncc(F)c1)C1CC1. The van der Waals surface area contributed by atoms with E-state index in [4.69, 9.17) is 5.11 Å². The van der Waals surface area contributed by atoms with Crippen LogP contribution in [-0.2, 0) is 4.79 Å². The van der Waals surface area contributed by atoms with Gasteiger partial charge in [0, 0.05) is 6.20 Å². The van der Waals surface area contributed by atoms with Crippen LogP contribution in [0.2, 0.25) is 0 Å². The van der Waals surface area contributed by atoms with E-state index in [2.05, 4.69) is 4.98 Å². The first-order valence-electron chi connectivity index (χ1n) is 4.51. The summed E-state index contributed by atoms with van der Waals surface area (Å²) in [4.78, 5) is 14.6. The van der Waals surface area contributed by atoms with E-state index in [9.17, 15) is 9.18 Å². The van der Waals surface area contributed by atoms with Gasteiger partial charge in [-0.1, -0.05) is 0 Å². The topological polar surface area (TPSA) is 50.2 Å². The molecule has 0 bridgehead atoms. The third kappa shape index (κ3) is 1.73. The van der Waals surface area contributed by atoms with Gasteiger partial charge >= 0.3 is 5.97 Å². The molecule has 1 heterocycles. The summed E-state index contributed by atoms with van der Waals surface area (Å²) in [6.07, 6.45) is 4.33. The molecule has 0 aliphatic heterocycles. The van der Waals surface area contributed by atoms with Crippen molar-refractivity contribution in [3.8, 4) is 0 Å². The van der Waals surface area contributed by atoms with Crippen molar-refractivity contribution in [3.63, 3.8) is 0 Å². The maximum Gasteiger partial charge on any atom is 0.311 e. The Bertz CT molecular complexity index is 363. The number of pyridine rings is 1. The Morgan fingerprint density at radius 2 is 2.29 bits per heavy atom. The van der Waals surface area contributed by atoms with Crippen molar-refractivity contribution in [1.82, 2.24) is 4.98 Å². The Kier molecular flexibility index (Phi) is 2.19. The number of carboxylic acids is 1. The minimum absolute atomic E-state index is 0.163. The van der Waals surface area contributed by atoms with Crippen LogP contribution >= 0.6 is 0 Å². The number of rotatable bonds is 3. The maximum atomic E-state index is 12.8. The highest BCUT2D eigenvalue weighted by atomic mass is 19.1. The van der Waals surface area contributed by atoms with Crippen LogP contribution in [-0.4, -0.2) is 16.1 Å². The van der Waals surface area contributed by atoms with Gasteiger partial charge in [0.25, 0.3) is 0 Å². The van der Waals surface area contributed by atoms with E-state index in [1.54, 1.807) is 0 Å². The number of nitrogens with zero attached hydrogens (tertiary/aromatic N) is 1. The fourth-order valence-corrected chi connectivity index (χ4v) is 1.64. The summed E-state index contributed by atoms with van der Waals surface area (Å²) in [6, 6.07) is 1.25. The molecule has 4 heteroatoms. The van der Waals surface area contributed by atoms with Gasteiger partial charge in [-0.3, -0.25) is 9.78 Å². The lowest BCUT2D eigenvalue weighted by Gasteiger charge is -2.10. The monoisotopic (exact) mass is 195 g/mol. The molecule has 1 aromatic rings. The summed E-state index contributed by atoms with van der Waals surface area (Å²) in [7, 11) is 0. The molecule has 1 fully saturated rings. The second-order valence-corrected chi connectivity index (χ2v) is 3.59. The van der Waals surface area contributed by atoms with Gasteiger partial charge in [-0.15, -0.1) is 0 Å². The van der Waals surface area contributed by atoms with Gasteiger partial charge in [-0.05, 0) is 30.4 Å². The molecule has 3 nitrogen and oxygen atoms in total. The van der Waals surface area contributed by atoms with Gasteiger partial charge in [0.1, 0.15) is 5.82 Å². The fraction of sp³-hybridized carbons (Fsp3) is 0.400. The highest BCUT2D eigenvalue weighted by Gasteiger charge is 2.37. The summed E-state index contributed by atoms with van der Waals surface area (Å²) < 4.78 is 12.8. The maximum absolute atomic E-state index is 12.8. The van der Waals surface area contributed by atoms with Gasteiger partial charge in [0.15, 0.2) is 0 Å². The number of hydrogen-bond acceptors (Lipinski definition) is 2. The molecule has 14 heavy (non-hydrogen) atoms. The Morgan fingerprint density at radius 3 is 2.79 bits per heavy atom. The minimum atomic E-state index is -0.889. The number of aliphatic carboxylic acids is 1. The predicted octanol–water partition coefficient (Wildman–Crippen LogP) is 1.80.